The molecule has 1 N–H and O–H groups in total. The number of nitrogens with one attached hydrogen (secondary N) is 1. The van der Waals surface area contributed by atoms with Gasteiger partial charge in [-0.15, -0.1) is 0 Å². The fourth-order valence-corrected chi connectivity index (χ4v) is 4.25. The third-order valence-electron chi connectivity index (χ3n) is 4.58. The van der Waals surface area contributed by atoms with Crippen molar-refractivity contribution in [2.75, 3.05) is 32.8 Å². The summed E-state index contributed by atoms with van der Waals surface area (Å²) in [5.74, 6) is -0.613. The van der Waals surface area contributed by atoms with Gasteiger partial charge in [0.15, 0.2) is 5.79 Å². The molecule has 138 valence electrons. The van der Waals surface area contributed by atoms with Gasteiger partial charge in [-0.05, 0) is 30.7 Å². The lowest BCUT2D eigenvalue weighted by molar-refractivity contribution is -0.181. The third-order valence-corrected chi connectivity index (χ3v) is 6.06. The number of rotatable bonds is 5. The largest absolute Gasteiger partial charge is 0.347 e. The smallest absolute Gasteiger partial charge is 0.253 e. The molecule has 3 rings (SSSR count). The first-order valence-corrected chi connectivity index (χ1v) is 10.1. The Morgan fingerprint density at radius 3 is 2.32 bits per heavy atom. The molecule has 1 amide bonds. The van der Waals surface area contributed by atoms with Crippen molar-refractivity contribution < 1.29 is 22.7 Å². The molecule has 2 fully saturated rings. The Balaban J connectivity index is 1.63. The van der Waals surface area contributed by atoms with Crippen LogP contribution in [0, 0.1) is 0 Å². The number of piperidine rings is 1. The van der Waals surface area contributed by atoms with Crippen molar-refractivity contribution in [2.24, 2.45) is 0 Å². The molecule has 1 aromatic carbocycles. The van der Waals surface area contributed by atoms with E-state index in [1.54, 1.807) is 17.0 Å². The van der Waals surface area contributed by atoms with Crippen LogP contribution in [0.2, 0.25) is 0 Å². The molecule has 7 nitrogen and oxygen atoms in total. The molecular weight excluding hydrogens is 344 g/mol. The molecule has 25 heavy (non-hydrogen) atoms. The highest BCUT2D eigenvalue weighted by Crippen LogP contribution is 2.31. The first kappa shape index (κ1) is 18.3. The molecule has 2 aliphatic heterocycles. The number of hydrogen-bond acceptors (Lipinski definition) is 5. The van der Waals surface area contributed by atoms with Gasteiger partial charge in [-0.25, -0.2) is 13.1 Å². The first-order chi connectivity index (χ1) is 12.0. The number of likely N-dealkylation sites (tertiary alicyclic amines) is 1. The molecular formula is C17H24N2O5S. The van der Waals surface area contributed by atoms with Crippen LogP contribution < -0.4 is 4.72 Å². The van der Waals surface area contributed by atoms with Crippen LogP contribution in [0.4, 0.5) is 0 Å². The Morgan fingerprint density at radius 1 is 1.16 bits per heavy atom. The molecule has 1 spiro atoms. The zero-order valence-corrected chi connectivity index (χ0v) is 15.2. The second-order valence-electron chi connectivity index (χ2n) is 6.32. The highest BCUT2D eigenvalue weighted by molar-refractivity contribution is 7.89. The molecule has 8 heteroatoms. The molecule has 0 bridgehead atoms. The van der Waals surface area contributed by atoms with Gasteiger partial charge in [0.2, 0.25) is 10.0 Å². The number of ether oxygens (including phenoxy) is 2. The second-order valence-corrected chi connectivity index (χ2v) is 8.09. The van der Waals surface area contributed by atoms with E-state index in [1.807, 2.05) is 6.92 Å². The Labute approximate surface area is 148 Å². The normalized spacial score (nSPS) is 20.1. The van der Waals surface area contributed by atoms with Crippen LogP contribution in [0.25, 0.3) is 0 Å². The summed E-state index contributed by atoms with van der Waals surface area (Å²) in [6.45, 7) is 4.64. The maximum Gasteiger partial charge on any atom is 0.253 e. The second kappa shape index (κ2) is 7.41. The average molecular weight is 368 g/mol. The zero-order valence-electron chi connectivity index (χ0n) is 14.4. The van der Waals surface area contributed by atoms with Crippen molar-refractivity contribution in [1.29, 1.82) is 0 Å². The molecule has 0 aliphatic carbocycles. The van der Waals surface area contributed by atoms with Crippen LogP contribution in [0.5, 0.6) is 0 Å². The van der Waals surface area contributed by atoms with E-state index in [-0.39, 0.29) is 10.8 Å². The van der Waals surface area contributed by atoms with Gasteiger partial charge in [-0.2, -0.15) is 0 Å². The molecule has 1 aromatic rings. The predicted molar refractivity (Wildman–Crippen MR) is 91.7 cm³/mol. The van der Waals surface area contributed by atoms with Gasteiger partial charge in [-0.1, -0.05) is 6.92 Å². The molecule has 0 radical (unpaired) electrons. The van der Waals surface area contributed by atoms with Gasteiger partial charge in [0.05, 0.1) is 18.1 Å². The topological polar surface area (TPSA) is 84.9 Å². The third kappa shape index (κ3) is 4.03. The van der Waals surface area contributed by atoms with Crippen LogP contribution in [-0.4, -0.2) is 57.9 Å². The van der Waals surface area contributed by atoms with Gasteiger partial charge in [0.1, 0.15) is 0 Å². The summed E-state index contributed by atoms with van der Waals surface area (Å²) in [6, 6.07) is 6.07. The van der Waals surface area contributed by atoms with E-state index in [1.165, 1.54) is 12.1 Å². The van der Waals surface area contributed by atoms with E-state index in [4.69, 9.17) is 9.47 Å². The van der Waals surface area contributed by atoms with E-state index >= 15 is 0 Å². The van der Waals surface area contributed by atoms with Crippen molar-refractivity contribution in [1.82, 2.24) is 9.62 Å². The standard InChI is InChI=1S/C17H24N2O5S/c1-2-9-18-25(21,22)15-5-3-14(4-6-15)16(20)19-10-7-17(8-11-19)23-12-13-24-17/h3-6,18H,2,7-13H2,1H3. The summed E-state index contributed by atoms with van der Waals surface area (Å²) in [4.78, 5) is 14.5. The number of benzene rings is 1. The van der Waals surface area contributed by atoms with Gasteiger partial charge < -0.3 is 14.4 Å². The highest BCUT2D eigenvalue weighted by Gasteiger charge is 2.40. The van der Waals surface area contributed by atoms with E-state index in [2.05, 4.69) is 4.72 Å². The minimum absolute atomic E-state index is 0.0988. The Hall–Kier alpha value is -1.48. The Kier molecular flexibility index (Phi) is 5.43. The molecule has 0 aromatic heterocycles. The fraction of sp³-hybridized carbons (Fsp3) is 0.588. The molecule has 2 saturated heterocycles. The quantitative estimate of drug-likeness (QED) is 0.848. The lowest BCUT2D eigenvalue weighted by atomic mass is 10.0. The van der Waals surface area contributed by atoms with Crippen molar-refractivity contribution >= 4 is 15.9 Å². The maximum absolute atomic E-state index is 12.6. The lowest BCUT2D eigenvalue weighted by Gasteiger charge is -2.37. The van der Waals surface area contributed by atoms with Crippen molar-refractivity contribution in [3.05, 3.63) is 29.8 Å². The Bertz CT molecular complexity index is 701. The van der Waals surface area contributed by atoms with E-state index < -0.39 is 15.8 Å². The Morgan fingerprint density at radius 2 is 1.76 bits per heavy atom. The summed E-state index contributed by atoms with van der Waals surface area (Å²) in [5, 5.41) is 0. The first-order valence-electron chi connectivity index (χ1n) is 8.63. The van der Waals surface area contributed by atoms with Crippen LogP contribution in [0.3, 0.4) is 0 Å². The minimum atomic E-state index is -3.51. The van der Waals surface area contributed by atoms with Crippen LogP contribution in [0.15, 0.2) is 29.2 Å². The maximum atomic E-state index is 12.6. The number of sulfonamides is 1. The summed E-state index contributed by atoms with van der Waals surface area (Å²) >= 11 is 0. The number of hydrogen-bond donors (Lipinski definition) is 1. The summed E-state index contributed by atoms with van der Waals surface area (Å²) in [5.41, 5.74) is 0.485. The number of carbonyl (C=O) groups is 1. The molecule has 0 atom stereocenters. The SMILES string of the molecule is CCCNS(=O)(=O)c1ccc(C(=O)N2CCC3(CC2)OCCO3)cc1. The van der Waals surface area contributed by atoms with E-state index in [9.17, 15) is 13.2 Å². The van der Waals surface area contributed by atoms with Gasteiger partial charge in [0, 0.05) is 38.0 Å². The van der Waals surface area contributed by atoms with E-state index in [0.29, 0.717) is 51.3 Å². The molecule has 0 unspecified atom stereocenters. The van der Waals surface area contributed by atoms with Crippen molar-refractivity contribution in [2.45, 2.75) is 36.9 Å². The number of nitrogens with zero attached hydrogens (tertiary/aromatic N) is 1. The van der Waals surface area contributed by atoms with Crippen molar-refractivity contribution in [3.8, 4) is 0 Å². The predicted octanol–water partition coefficient (Wildman–Crippen LogP) is 1.35. The number of amides is 1. The van der Waals surface area contributed by atoms with Gasteiger partial charge in [0.25, 0.3) is 5.91 Å². The monoisotopic (exact) mass is 368 g/mol. The number of carbonyl (C=O) groups excluding carboxylic acids is 1. The van der Waals surface area contributed by atoms with Gasteiger partial charge in [-0.3, -0.25) is 4.79 Å². The summed E-state index contributed by atoms with van der Waals surface area (Å²) in [6.07, 6.45) is 2.04. The molecule has 2 heterocycles. The fourth-order valence-electron chi connectivity index (χ4n) is 3.12. The van der Waals surface area contributed by atoms with Crippen molar-refractivity contribution in [3.63, 3.8) is 0 Å². The van der Waals surface area contributed by atoms with Crippen LogP contribution in [-0.2, 0) is 19.5 Å². The molecule has 2 aliphatic rings. The lowest BCUT2D eigenvalue weighted by Crippen LogP contribution is -2.47. The minimum Gasteiger partial charge on any atom is -0.347 e. The van der Waals surface area contributed by atoms with Crippen LogP contribution >= 0.6 is 0 Å². The highest BCUT2D eigenvalue weighted by atomic mass is 32.2. The van der Waals surface area contributed by atoms with Crippen LogP contribution in [0.1, 0.15) is 36.5 Å². The zero-order chi connectivity index (χ0) is 17.9. The summed E-state index contributed by atoms with van der Waals surface area (Å²) < 4.78 is 38.0. The van der Waals surface area contributed by atoms with E-state index in [0.717, 1.165) is 6.42 Å². The molecule has 0 saturated carbocycles. The van der Waals surface area contributed by atoms with Gasteiger partial charge >= 0.3 is 0 Å². The summed E-state index contributed by atoms with van der Waals surface area (Å²) in [7, 11) is -3.51. The average Bonchev–Trinajstić information content (AvgIpc) is 3.08.